The standard InChI is InChI=1S/C11H23N3O/c1-3-7-14(9-11(15)12-2)8-10-5-4-6-13-10/h10,13H,3-9H2,1-2H3,(H,12,15)/t10-/m0/s1. The lowest BCUT2D eigenvalue weighted by molar-refractivity contribution is -0.121. The van der Waals surface area contributed by atoms with E-state index in [0.717, 1.165) is 26.1 Å². The Morgan fingerprint density at radius 2 is 2.40 bits per heavy atom. The van der Waals surface area contributed by atoms with Crippen LogP contribution in [0.15, 0.2) is 0 Å². The summed E-state index contributed by atoms with van der Waals surface area (Å²) in [5.74, 6) is 0.112. The van der Waals surface area contributed by atoms with E-state index >= 15 is 0 Å². The summed E-state index contributed by atoms with van der Waals surface area (Å²) in [5, 5.41) is 6.14. The fourth-order valence-electron chi connectivity index (χ4n) is 2.06. The van der Waals surface area contributed by atoms with Gasteiger partial charge in [0.2, 0.25) is 5.91 Å². The van der Waals surface area contributed by atoms with E-state index < -0.39 is 0 Å². The zero-order valence-electron chi connectivity index (χ0n) is 9.88. The minimum Gasteiger partial charge on any atom is -0.358 e. The molecule has 1 aliphatic heterocycles. The molecule has 1 fully saturated rings. The van der Waals surface area contributed by atoms with Gasteiger partial charge in [0, 0.05) is 19.6 Å². The van der Waals surface area contributed by atoms with Gasteiger partial charge in [-0.1, -0.05) is 6.92 Å². The number of likely N-dealkylation sites (N-methyl/N-ethyl adjacent to an activating group) is 1. The Balaban J connectivity index is 2.31. The molecule has 0 bridgehead atoms. The van der Waals surface area contributed by atoms with Gasteiger partial charge in [0.15, 0.2) is 0 Å². The number of carbonyl (C=O) groups excluding carboxylic acids is 1. The Morgan fingerprint density at radius 1 is 1.60 bits per heavy atom. The fourth-order valence-corrected chi connectivity index (χ4v) is 2.06. The number of rotatable bonds is 6. The highest BCUT2D eigenvalue weighted by Crippen LogP contribution is 2.07. The van der Waals surface area contributed by atoms with Gasteiger partial charge in [-0.25, -0.2) is 0 Å². The van der Waals surface area contributed by atoms with Crippen LogP contribution in [0.5, 0.6) is 0 Å². The van der Waals surface area contributed by atoms with Crippen LogP contribution in [-0.2, 0) is 4.79 Å². The summed E-state index contributed by atoms with van der Waals surface area (Å²) in [6, 6.07) is 0.584. The molecule has 2 N–H and O–H groups in total. The second-order valence-corrected chi connectivity index (χ2v) is 4.20. The van der Waals surface area contributed by atoms with Crippen molar-refractivity contribution >= 4 is 5.91 Å². The molecule has 1 heterocycles. The van der Waals surface area contributed by atoms with Crippen LogP contribution in [0.3, 0.4) is 0 Å². The molecule has 15 heavy (non-hydrogen) atoms. The molecule has 1 amide bonds. The van der Waals surface area contributed by atoms with E-state index in [1.165, 1.54) is 12.8 Å². The van der Waals surface area contributed by atoms with Gasteiger partial charge in [0.05, 0.1) is 6.54 Å². The average Bonchev–Trinajstić information content (AvgIpc) is 2.70. The first-order valence-corrected chi connectivity index (χ1v) is 5.92. The van der Waals surface area contributed by atoms with E-state index in [4.69, 9.17) is 0 Å². The smallest absolute Gasteiger partial charge is 0.233 e. The Morgan fingerprint density at radius 3 is 2.93 bits per heavy atom. The highest BCUT2D eigenvalue weighted by Gasteiger charge is 2.18. The Hall–Kier alpha value is -0.610. The highest BCUT2D eigenvalue weighted by atomic mass is 16.1. The topological polar surface area (TPSA) is 44.4 Å². The zero-order chi connectivity index (χ0) is 11.1. The van der Waals surface area contributed by atoms with Gasteiger partial charge in [0.25, 0.3) is 0 Å². The molecular weight excluding hydrogens is 190 g/mol. The minimum absolute atomic E-state index is 0.112. The second kappa shape index (κ2) is 6.80. The van der Waals surface area contributed by atoms with E-state index in [-0.39, 0.29) is 5.91 Å². The number of amides is 1. The zero-order valence-corrected chi connectivity index (χ0v) is 9.88. The predicted molar refractivity (Wildman–Crippen MR) is 61.8 cm³/mol. The van der Waals surface area contributed by atoms with Crippen molar-refractivity contribution in [2.75, 3.05) is 33.2 Å². The monoisotopic (exact) mass is 213 g/mol. The molecule has 1 saturated heterocycles. The van der Waals surface area contributed by atoms with Crippen molar-refractivity contribution in [3.63, 3.8) is 0 Å². The first-order valence-electron chi connectivity index (χ1n) is 5.92. The van der Waals surface area contributed by atoms with Crippen LogP contribution < -0.4 is 10.6 Å². The molecule has 0 aromatic heterocycles. The summed E-state index contributed by atoms with van der Waals surface area (Å²) in [6.07, 6.45) is 3.61. The summed E-state index contributed by atoms with van der Waals surface area (Å²) in [5.41, 5.74) is 0. The van der Waals surface area contributed by atoms with Crippen LogP contribution in [0.1, 0.15) is 26.2 Å². The molecule has 88 valence electrons. The third-order valence-corrected chi connectivity index (χ3v) is 2.83. The molecule has 4 nitrogen and oxygen atoms in total. The van der Waals surface area contributed by atoms with Crippen LogP contribution in [-0.4, -0.2) is 50.1 Å². The van der Waals surface area contributed by atoms with E-state index in [9.17, 15) is 4.79 Å². The number of hydrogen-bond donors (Lipinski definition) is 2. The largest absolute Gasteiger partial charge is 0.358 e. The van der Waals surface area contributed by atoms with Gasteiger partial charge in [-0.15, -0.1) is 0 Å². The predicted octanol–water partition coefficient (Wildman–Crippen LogP) is 0.196. The lowest BCUT2D eigenvalue weighted by atomic mass is 10.2. The maximum absolute atomic E-state index is 11.3. The van der Waals surface area contributed by atoms with Gasteiger partial charge >= 0.3 is 0 Å². The third-order valence-electron chi connectivity index (χ3n) is 2.83. The highest BCUT2D eigenvalue weighted by molar-refractivity contribution is 5.77. The van der Waals surface area contributed by atoms with Crippen molar-refractivity contribution in [2.45, 2.75) is 32.2 Å². The lowest BCUT2D eigenvalue weighted by Crippen LogP contribution is -2.42. The molecular formula is C11H23N3O. The quantitative estimate of drug-likeness (QED) is 0.662. The summed E-state index contributed by atoms with van der Waals surface area (Å²) in [4.78, 5) is 13.5. The van der Waals surface area contributed by atoms with Crippen molar-refractivity contribution in [2.24, 2.45) is 0 Å². The van der Waals surface area contributed by atoms with Crippen LogP contribution in [0.25, 0.3) is 0 Å². The van der Waals surface area contributed by atoms with Crippen LogP contribution in [0.4, 0.5) is 0 Å². The second-order valence-electron chi connectivity index (χ2n) is 4.20. The average molecular weight is 213 g/mol. The van der Waals surface area contributed by atoms with E-state index in [1.807, 2.05) is 0 Å². The normalized spacial score (nSPS) is 20.9. The maximum atomic E-state index is 11.3. The number of hydrogen-bond acceptors (Lipinski definition) is 3. The molecule has 1 atom stereocenters. The molecule has 4 heteroatoms. The van der Waals surface area contributed by atoms with Gasteiger partial charge in [-0.3, -0.25) is 9.69 Å². The summed E-state index contributed by atoms with van der Waals surface area (Å²) >= 11 is 0. The van der Waals surface area contributed by atoms with E-state index in [2.05, 4.69) is 22.5 Å². The van der Waals surface area contributed by atoms with Gasteiger partial charge in [-0.05, 0) is 32.4 Å². The molecule has 0 aromatic carbocycles. The van der Waals surface area contributed by atoms with Crippen molar-refractivity contribution in [3.05, 3.63) is 0 Å². The van der Waals surface area contributed by atoms with Gasteiger partial charge < -0.3 is 10.6 Å². The van der Waals surface area contributed by atoms with Crippen molar-refractivity contribution in [3.8, 4) is 0 Å². The number of carbonyl (C=O) groups is 1. The fraction of sp³-hybridized carbons (Fsp3) is 0.909. The van der Waals surface area contributed by atoms with Crippen molar-refractivity contribution in [1.82, 2.24) is 15.5 Å². The molecule has 0 unspecified atom stereocenters. The van der Waals surface area contributed by atoms with E-state index in [0.29, 0.717) is 12.6 Å². The van der Waals surface area contributed by atoms with Crippen molar-refractivity contribution < 1.29 is 4.79 Å². The van der Waals surface area contributed by atoms with E-state index in [1.54, 1.807) is 7.05 Å². The maximum Gasteiger partial charge on any atom is 0.233 e. The molecule has 0 aromatic rings. The number of nitrogens with zero attached hydrogens (tertiary/aromatic N) is 1. The molecule has 0 radical (unpaired) electrons. The van der Waals surface area contributed by atoms with Gasteiger partial charge in [0.1, 0.15) is 0 Å². The summed E-state index contributed by atoms with van der Waals surface area (Å²) < 4.78 is 0. The summed E-state index contributed by atoms with van der Waals surface area (Å²) in [6.45, 7) is 5.82. The first kappa shape index (κ1) is 12.5. The first-order chi connectivity index (χ1) is 7.26. The summed E-state index contributed by atoms with van der Waals surface area (Å²) in [7, 11) is 1.69. The van der Waals surface area contributed by atoms with Crippen LogP contribution in [0, 0.1) is 0 Å². The molecule has 0 saturated carbocycles. The van der Waals surface area contributed by atoms with Crippen molar-refractivity contribution in [1.29, 1.82) is 0 Å². The Kier molecular flexibility index (Phi) is 5.65. The minimum atomic E-state index is 0.112. The number of nitrogens with one attached hydrogen (secondary N) is 2. The third kappa shape index (κ3) is 4.62. The molecule has 0 aliphatic carbocycles. The van der Waals surface area contributed by atoms with Crippen LogP contribution in [0.2, 0.25) is 0 Å². The molecule has 0 spiro atoms. The Bertz CT molecular complexity index is 190. The molecule has 1 rings (SSSR count). The van der Waals surface area contributed by atoms with Gasteiger partial charge in [-0.2, -0.15) is 0 Å². The Labute approximate surface area is 92.4 Å². The molecule has 1 aliphatic rings. The van der Waals surface area contributed by atoms with Crippen LogP contribution >= 0.6 is 0 Å². The lowest BCUT2D eigenvalue weighted by Gasteiger charge is -2.24. The SMILES string of the molecule is CCCN(CC(=O)NC)C[C@@H]1CCCN1.